The Morgan fingerprint density at radius 2 is 1.70 bits per heavy atom. The molecule has 0 aliphatic heterocycles. The Kier molecular flexibility index (Phi) is 4.84. The molecule has 2 nitrogen and oxygen atoms in total. The van der Waals surface area contributed by atoms with Gasteiger partial charge in [-0.3, -0.25) is 0 Å². The van der Waals surface area contributed by atoms with E-state index in [9.17, 15) is 0 Å². The molecule has 0 spiro atoms. The summed E-state index contributed by atoms with van der Waals surface area (Å²) in [6, 6.07) is 14.1. The van der Waals surface area contributed by atoms with Crippen molar-refractivity contribution in [2.24, 2.45) is 5.73 Å². The molecule has 2 aromatic rings. The van der Waals surface area contributed by atoms with Crippen LogP contribution >= 0.6 is 15.9 Å². The molecule has 0 saturated carbocycles. The lowest BCUT2D eigenvalue weighted by Crippen LogP contribution is -2.05. The fourth-order valence-corrected chi connectivity index (χ4v) is 2.73. The van der Waals surface area contributed by atoms with Gasteiger partial charge in [0.25, 0.3) is 0 Å². The number of nitrogens with two attached hydrogens (primary N) is 1. The second-order valence-corrected chi connectivity index (χ2v) is 6.16. The normalized spacial score (nSPS) is 12.5. The molecule has 0 unspecified atom stereocenters. The molecule has 0 radical (unpaired) electrons. The Bertz CT molecular complexity index is 593. The summed E-state index contributed by atoms with van der Waals surface area (Å²) in [5.41, 5.74) is 8.25. The zero-order chi connectivity index (χ0) is 14.7. The molecule has 2 rings (SSSR count). The summed E-state index contributed by atoms with van der Waals surface area (Å²) in [6.45, 7) is 6.31. The van der Waals surface area contributed by atoms with Crippen molar-refractivity contribution in [3.05, 3.63) is 58.1 Å². The molecule has 0 amide bonds. The molecule has 1 atom stereocenters. The van der Waals surface area contributed by atoms with Gasteiger partial charge in [-0.25, -0.2) is 0 Å². The number of halogens is 1. The van der Waals surface area contributed by atoms with Gasteiger partial charge in [-0.05, 0) is 48.2 Å². The van der Waals surface area contributed by atoms with Crippen LogP contribution < -0.4 is 10.5 Å². The molecule has 2 aromatic carbocycles. The maximum atomic E-state index is 5.91. The highest BCUT2D eigenvalue weighted by molar-refractivity contribution is 9.10. The summed E-state index contributed by atoms with van der Waals surface area (Å²) in [5.74, 6) is 2.16. The van der Waals surface area contributed by atoms with Crippen molar-refractivity contribution in [2.45, 2.75) is 32.7 Å². The first-order chi connectivity index (χ1) is 9.47. The van der Waals surface area contributed by atoms with Crippen molar-refractivity contribution >= 4 is 15.9 Å². The van der Waals surface area contributed by atoms with Gasteiger partial charge >= 0.3 is 0 Å². The van der Waals surface area contributed by atoms with Crippen LogP contribution in [0.2, 0.25) is 0 Å². The number of rotatable bonds is 4. The van der Waals surface area contributed by atoms with Gasteiger partial charge in [0.1, 0.15) is 11.5 Å². The van der Waals surface area contributed by atoms with E-state index in [0.29, 0.717) is 5.92 Å². The molecule has 0 aromatic heterocycles. The Morgan fingerprint density at radius 1 is 1.00 bits per heavy atom. The number of hydrogen-bond acceptors (Lipinski definition) is 2. The quantitative estimate of drug-likeness (QED) is 0.814. The minimum Gasteiger partial charge on any atom is -0.457 e. The van der Waals surface area contributed by atoms with E-state index >= 15 is 0 Å². The first-order valence-corrected chi connectivity index (χ1v) is 7.59. The van der Waals surface area contributed by atoms with Crippen LogP contribution in [0.4, 0.5) is 0 Å². The predicted octanol–water partition coefficient (Wildman–Crippen LogP) is 5.38. The Hall–Kier alpha value is -1.32. The fourth-order valence-electron chi connectivity index (χ4n) is 2.01. The summed E-state index contributed by atoms with van der Waals surface area (Å²) in [5, 5.41) is 0. The first-order valence-electron chi connectivity index (χ1n) is 6.80. The minimum absolute atomic E-state index is 0.00249. The van der Waals surface area contributed by atoms with E-state index in [1.165, 1.54) is 5.56 Å². The Balaban J connectivity index is 2.22. The van der Waals surface area contributed by atoms with Gasteiger partial charge in [0.2, 0.25) is 0 Å². The van der Waals surface area contributed by atoms with Crippen molar-refractivity contribution in [3.63, 3.8) is 0 Å². The van der Waals surface area contributed by atoms with E-state index in [0.717, 1.165) is 21.5 Å². The predicted molar refractivity (Wildman–Crippen MR) is 87.3 cm³/mol. The van der Waals surface area contributed by atoms with Crippen LogP contribution in [-0.4, -0.2) is 0 Å². The van der Waals surface area contributed by atoms with E-state index in [1.54, 1.807) is 0 Å². The summed E-state index contributed by atoms with van der Waals surface area (Å²) in [4.78, 5) is 0. The lowest BCUT2D eigenvalue weighted by atomic mass is 10.0. The molecule has 2 N–H and O–H groups in total. The average Bonchev–Trinajstić information content (AvgIpc) is 2.38. The molecule has 0 saturated heterocycles. The third-order valence-corrected chi connectivity index (χ3v) is 3.91. The van der Waals surface area contributed by atoms with E-state index in [-0.39, 0.29) is 6.04 Å². The highest BCUT2D eigenvalue weighted by Crippen LogP contribution is 2.30. The van der Waals surface area contributed by atoms with Crippen LogP contribution in [0.1, 0.15) is 43.9 Å². The molecule has 0 bridgehead atoms. The third-order valence-electron chi connectivity index (χ3n) is 3.22. The van der Waals surface area contributed by atoms with Gasteiger partial charge in [0, 0.05) is 10.5 Å². The van der Waals surface area contributed by atoms with Crippen molar-refractivity contribution in [3.8, 4) is 11.5 Å². The van der Waals surface area contributed by atoms with Gasteiger partial charge in [0.05, 0.1) is 0 Å². The molecule has 20 heavy (non-hydrogen) atoms. The van der Waals surface area contributed by atoms with Gasteiger partial charge in [-0.1, -0.05) is 48.0 Å². The minimum atomic E-state index is 0.00249. The maximum Gasteiger partial charge on any atom is 0.128 e. The van der Waals surface area contributed by atoms with Crippen LogP contribution in [0.3, 0.4) is 0 Å². The molecule has 3 heteroatoms. The highest BCUT2D eigenvalue weighted by atomic mass is 79.9. The van der Waals surface area contributed by atoms with E-state index in [2.05, 4.69) is 41.9 Å². The second-order valence-electron chi connectivity index (χ2n) is 5.30. The lowest BCUT2D eigenvalue weighted by Gasteiger charge is -2.12. The van der Waals surface area contributed by atoms with Crippen LogP contribution in [0.25, 0.3) is 0 Å². The molecule has 0 heterocycles. The van der Waals surface area contributed by atoms with E-state index in [4.69, 9.17) is 10.5 Å². The van der Waals surface area contributed by atoms with Crippen molar-refractivity contribution in [2.75, 3.05) is 0 Å². The molecule has 0 aliphatic carbocycles. The highest BCUT2D eigenvalue weighted by Gasteiger charge is 2.07. The van der Waals surface area contributed by atoms with Crippen molar-refractivity contribution < 1.29 is 4.74 Å². The maximum absolute atomic E-state index is 5.91. The standard InChI is InChI=1S/C17H20BrNO/c1-11(2)13-5-4-6-14(9-13)20-15-7-8-16(12(3)19)17(18)10-15/h4-12H,19H2,1-3H3/t12-/m1/s1. The second kappa shape index (κ2) is 6.42. The molecular formula is C17H20BrNO. The lowest BCUT2D eigenvalue weighted by molar-refractivity contribution is 0.481. The number of ether oxygens (including phenoxy) is 1. The molecule has 0 fully saturated rings. The number of benzene rings is 2. The van der Waals surface area contributed by atoms with Gasteiger partial charge in [0.15, 0.2) is 0 Å². The average molecular weight is 334 g/mol. The van der Waals surface area contributed by atoms with Crippen LogP contribution in [0, 0.1) is 0 Å². The third kappa shape index (κ3) is 3.62. The van der Waals surface area contributed by atoms with Crippen LogP contribution in [0.5, 0.6) is 11.5 Å². The van der Waals surface area contributed by atoms with E-state index < -0.39 is 0 Å². The number of hydrogen-bond donors (Lipinski definition) is 1. The van der Waals surface area contributed by atoms with Gasteiger partial charge < -0.3 is 10.5 Å². The zero-order valence-electron chi connectivity index (χ0n) is 12.1. The van der Waals surface area contributed by atoms with Crippen LogP contribution in [-0.2, 0) is 0 Å². The summed E-state index contributed by atoms with van der Waals surface area (Å²) in [6.07, 6.45) is 0. The Morgan fingerprint density at radius 3 is 2.30 bits per heavy atom. The fraction of sp³-hybridized carbons (Fsp3) is 0.294. The Labute approximate surface area is 129 Å². The summed E-state index contributed by atoms with van der Waals surface area (Å²) in [7, 11) is 0. The first kappa shape index (κ1) is 15.1. The molecule has 106 valence electrons. The smallest absolute Gasteiger partial charge is 0.128 e. The monoisotopic (exact) mass is 333 g/mol. The van der Waals surface area contributed by atoms with Crippen molar-refractivity contribution in [1.29, 1.82) is 0 Å². The summed E-state index contributed by atoms with van der Waals surface area (Å²) < 4.78 is 6.89. The van der Waals surface area contributed by atoms with Crippen LogP contribution in [0.15, 0.2) is 46.9 Å². The zero-order valence-corrected chi connectivity index (χ0v) is 13.6. The molecular weight excluding hydrogens is 314 g/mol. The largest absolute Gasteiger partial charge is 0.457 e. The molecule has 0 aliphatic rings. The summed E-state index contributed by atoms with van der Waals surface area (Å²) >= 11 is 3.54. The topological polar surface area (TPSA) is 35.2 Å². The van der Waals surface area contributed by atoms with Crippen molar-refractivity contribution in [1.82, 2.24) is 0 Å². The SMILES string of the molecule is CC(C)c1cccc(Oc2ccc([C@@H](C)N)c(Br)c2)c1. The van der Waals surface area contributed by atoms with Gasteiger partial charge in [-0.2, -0.15) is 0 Å². The van der Waals surface area contributed by atoms with E-state index in [1.807, 2.05) is 37.3 Å². The van der Waals surface area contributed by atoms with Gasteiger partial charge in [-0.15, -0.1) is 0 Å².